The first-order valence-electron chi connectivity index (χ1n) is 17.8. The molecule has 0 aliphatic carbocycles. The fourth-order valence-corrected chi connectivity index (χ4v) is 7.25. The number of hydrogen-bond donors (Lipinski definition) is 0. The van der Waals surface area contributed by atoms with Crippen molar-refractivity contribution in [2.45, 2.75) is 0 Å². The molecule has 0 bridgehead atoms. The minimum atomic E-state index is 0.604. The highest BCUT2D eigenvalue weighted by Crippen LogP contribution is 2.39. The van der Waals surface area contributed by atoms with E-state index in [2.05, 4.69) is 121 Å². The first-order valence-corrected chi connectivity index (χ1v) is 17.8. The summed E-state index contributed by atoms with van der Waals surface area (Å²) in [7, 11) is 0. The summed E-state index contributed by atoms with van der Waals surface area (Å²) < 4.78 is 6.35. The molecule has 0 aliphatic heterocycles. The Morgan fingerprint density at radius 1 is 0.302 bits per heavy atom. The van der Waals surface area contributed by atoms with Crippen LogP contribution in [0, 0.1) is 0 Å². The van der Waals surface area contributed by atoms with E-state index in [0.717, 1.165) is 60.9 Å². The highest BCUT2D eigenvalue weighted by Gasteiger charge is 2.17. The maximum absolute atomic E-state index is 6.35. The van der Waals surface area contributed by atoms with Crippen LogP contribution in [0.1, 0.15) is 0 Å². The Balaban J connectivity index is 1.08. The lowest BCUT2D eigenvalue weighted by Gasteiger charge is -2.11. The topological polar surface area (TPSA) is 51.8 Å². The van der Waals surface area contributed by atoms with Crippen molar-refractivity contribution in [3.05, 3.63) is 188 Å². The second kappa shape index (κ2) is 12.9. The molecule has 2 heterocycles. The van der Waals surface area contributed by atoms with Gasteiger partial charge >= 0.3 is 0 Å². The monoisotopic (exact) mass is 677 g/mol. The second-order valence-corrected chi connectivity index (χ2v) is 13.3. The molecule has 2 aromatic heterocycles. The highest BCUT2D eigenvalue weighted by molar-refractivity contribution is 6.13. The van der Waals surface area contributed by atoms with Crippen molar-refractivity contribution in [2.75, 3.05) is 0 Å². The third-order valence-corrected chi connectivity index (χ3v) is 9.91. The third kappa shape index (κ3) is 5.73. The van der Waals surface area contributed by atoms with Crippen molar-refractivity contribution in [1.82, 2.24) is 15.0 Å². The van der Waals surface area contributed by atoms with Gasteiger partial charge in [-0.05, 0) is 86.6 Å². The van der Waals surface area contributed by atoms with E-state index < -0.39 is 0 Å². The molecule has 10 aromatic rings. The van der Waals surface area contributed by atoms with Gasteiger partial charge in [0.15, 0.2) is 17.5 Å². The highest BCUT2D eigenvalue weighted by atomic mass is 16.3. The summed E-state index contributed by atoms with van der Waals surface area (Å²) in [5.74, 6) is 1.84. The molecule has 0 atom stereocenters. The second-order valence-electron chi connectivity index (χ2n) is 13.3. The van der Waals surface area contributed by atoms with E-state index in [0.29, 0.717) is 17.5 Å². The van der Waals surface area contributed by atoms with Crippen LogP contribution in [0.2, 0.25) is 0 Å². The Bertz CT molecular complexity index is 2940. The largest absolute Gasteiger partial charge is 0.456 e. The Morgan fingerprint density at radius 3 is 1.47 bits per heavy atom. The van der Waals surface area contributed by atoms with Gasteiger partial charge in [0.2, 0.25) is 0 Å². The Morgan fingerprint density at radius 2 is 0.792 bits per heavy atom. The molecule has 0 amide bonds. The quantitative estimate of drug-likeness (QED) is 0.176. The van der Waals surface area contributed by atoms with Crippen LogP contribution in [0.25, 0.3) is 100 Å². The van der Waals surface area contributed by atoms with Gasteiger partial charge in [0.25, 0.3) is 0 Å². The van der Waals surface area contributed by atoms with E-state index in [1.165, 1.54) is 21.9 Å². The summed E-state index contributed by atoms with van der Waals surface area (Å²) in [5.41, 5.74) is 11.3. The molecule has 0 spiro atoms. The van der Waals surface area contributed by atoms with Gasteiger partial charge in [-0.25, -0.2) is 15.0 Å². The van der Waals surface area contributed by atoms with Crippen LogP contribution in [0.15, 0.2) is 192 Å². The zero-order chi connectivity index (χ0) is 35.1. The number of rotatable bonds is 6. The van der Waals surface area contributed by atoms with E-state index in [1.807, 2.05) is 66.7 Å². The SMILES string of the molecule is c1ccc(-c2ccc3cc(-c4cccc(-c5nc(-c6ccccc6)nc(-c6ccc7oc8cccc(-c9ccccc9)c8c7c6)n5)c4)ccc3c2)cc1. The summed E-state index contributed by atoms with van der Waals surface area (Å²) in [6.07, 6.45) is 0. The van der Waals surface area contributed by atoms with Crippen molar-refractivity contribution in [1.29, 1.82) is 0 Å². The van der Waals surface area contributed by atoms with Crippen LogP contribution in [0.4, 0.5) is 0 Å². The average Bonchev–Trinajstić information content (AvgIpc) is 3.62. The number of benzene rings is 8. The number of hydrogen-bond acceptors (Lipinski definition) is 4. The maximum atomic E-state index is 6.35. The fraction of sp³-hybridized carbons (Fsp3) is 0. The fourth-order valence-electron chi connectivity index (χ4n) is 7.25. The van der Waals surface area contributed by atoms with Crippen molar-refractivity contribution in [2.24, 2.45) is 0 Å². The minimum absolute atomic E-state index is 0.604. The first-order chi connectivity index (χ1) is 26.2. The van der Waals surface area contributed by atoms with E-state index in [4.69, 9.17) is 19.4 Å². The van der Waals surface area contributed by atoms with Crippen LogP contribution in [0.3, 0.4) is 0 Å². The van der Waals surface area contributed by atoms with Gasteiger partial charge in [-0.1, -0.05) is 146 Å². The zero-order valence-corrected chi connectivity index (χ0v) is 28.6. The van der Waals surface area contributed by atoms with E-state index in [-0.39, 0.29) is 0 Å². The molecule has 248 valence electrons. The van der Waals surface area contributed by atoms with Gasteiger partial charge in [0.05, 0.1) is 0 Å². The summed E-state index contributed by atoms with van der Waals surface area (Å²) in [6.45, 7) is 0. The first kappa shape index (κ1) is 30.6. The Kier molecular flexibility index (Phi) is 7.43. The van der Waals surface area contributed by atoms with Crippen molar-refractivity contribution in [3.63, 3.8) is 0 Å². The number of aromatic nitrogens is 3. The molecule has 4 nitrogen and oxygen atoms in total. The normalized spacial score (nSPS) is 11.4. The predicted octanol–water partition coefficient (Wildman–Crippen LogP) is 12.9. The molecule has 0 unspecified atom stereocenters. The maximum Gasteiger partial charge on any atom is 0.164 e. The summed E-state index contributed by atoms with van der Waals surface area (Å²) in [4.78, 5) is 15.2. The third-order valence-electron chi connectivity index (χ3n) is 9.91. The standard InChI is InChI=1S/C49H31N3O/c1-4-12-32(13-5-1)36-22-23-39-29-37(24-25-38(39)28-36)35-18-10-19-40(30-35)48-50-47(34-16-8-3-9-17-34)51-49(52-48)41-26-27-44-43(31-41)46-42(20-11-21-45(46)53-44)33-14-6-2-7-15-33/h1-31H. The molecule has 0 N–H and O–H groups in total. The lowest BCUT2D eigenvalue weighted by atomic mass is 9.97. The molecule has 10 rings (SSSR count). The molecule has 0 radical (unpaired) electrons. The van der Waals surface area contributed by atoms with Crippen LogP contribution in [-0.4, -0.2) is 15.0 Å². The Labute approximate surface area is 306 Å². The van der Waals surface area contributed by atoms with Crippen molar-refractivity contribution >= 4 is 32.7 Å². The lowest BCUT2D eigenvalue weighted by molar-refractivity contribution is 0.669. The lowest BCUT2D eigenvalue weighted by Crippen LogP contribution is -2.00. The molecular formula is C49H31N3O. The predicted molar refractivity (Wildman–Crippen MR) is 217 cm³/mol. The van der Waals surface area contributed by atoms with Gasteiger partial charge in [0.1, 0.15) is 11.2 Å². The van der Waals surface area contributed by atoms with Crippen LogP contribution in [-0.2, 0) is 0 Å². The van der Waals surface area contributed by atoms with Crippen LogP contribution >= 0.6 is 0 Å². The summed E-state index contributed by atoms with van der Waals surface area (Å²) >= 11 is 0. The number of nitrogens with zero attached hydrogens (tertiary/aromatic N) is 3. The van der Waals surface area contributed by atoms with E-state index in [1.54, 1.807) is 0 Å². The molecule has 0 aliphatic rings. The van der Waals surface area contributed by atoms with Gasteiger partial charge in [-0.3, -0.25) is 0 Å². The van der Waals surface area contributed by atoms with E-state index >= 15 is 0 Å². The van der Waals surface area contributed by atoms with E-state index in [9.17, 15) is 0 Å². The van der Waals surface area contributed by atoms with Crippen molar-refractivity contribution < 1.29 is 4.42 Å². The molecule has 53 heavy (non-hydrogen) atoms. The number of furan rings is 1. The molecule has 0 fully saturated rings. The molecule has 4 heteroatoms. The van der Waals surface area contributed by atoms with Gasteiger partial charge in [0, 0.05) is 27.5 Å². The molecule has 0 saturated carbocycles. The van der Waals surface area contributed by atoms with Crippen LogP contribution in [0.5, 0.6) is 0 Å². The van der Waals surface area contributed by atoms with Gasteiger partial charge in [-0.2, -0.15) is 0 Å². The van der Waals surface area contributed by atoms with Gasteiger partial charge < -0.3 is 4.42 Å². The molecule has 8 aromatic carbocycles. The molecule has 0 saturated heterocycles. The van der Waals surface area contributed by atoms with Crippen molar-refractivity contribution in [3.8, 4) is 67.5 Å². The summed E-state index contributed by atoms with van der Waals surface area (Å²) in [6, 6.07) is 65.3. The smallest absolute Gasteiger partial charge is 0.164 e. The van der Waals surface area contributed by atoms with Crippen LogP contribution < -0.4 is 0 Å². The average molecular weight is 678 g/mol. The Hall–Kier alpha value is -7.17. The molecular weight excluding hydrogens is 647 g/mol. The summed E-state index contributed by atoms with van der Waals surface area (Å²) in [5, 5.41) is 4.50. The number of fused-ring (bicyclic) bond motifs is 4. The van der Waals surface area contributed by atoms with Gasteiger partial charge in [-0.15, -0.1) is 0 Å². The zero-order valence-electron chi connectivity index (χ0n) is 28.6. The minimum Gasteiger partial charge on any atom is -0.456 e.